The normalized spacial score (nSPS) is 29.7. The van der Waals surface area contributed by atoms with E-state index in [0.29, 0.717) is 12.3 Å². The molecule has 0 radical (unpaired) electrons. The molecular weight excluding hydrogens is 280 g/mol. The minimum Gasteiger partial charge on any atom is -0.480 e. The second kappa shape index (κ2) is 6.67. The number of carboxylic acids is 1. The molecule has 3 unspecified atom stereocenters. The number of amides is 2. The van der Waals surface area contributed by atoms with Gasteiger partial charge in [0, 0.05) is 26.0 Å². The molecule has 0 aromatic carbocycles. The third-order valence-electron chi connectivity index (χ3n) is 3.78. The second-order valence-corrected chi connectivity index (χ2v) is 6.47. The topological polar surface area (TPSA) is 70.1 Å². The van der Waals surface area contributed by atoms with Gasteiger partial charge in [-0.3, -0.25) is 4.90 Å². The molecule has 0 aromatic heterocycles. The van der Waals surface area contributed by atoms with Gasteiger partial charge in [-0.1, -0.05) is 6.92 Å². The van der Waals surface area contributed by atoms with Crippen LogP contribution in [-0.2, 0) is 9.53 Å². The summed E-state index contributed by atoms with van der Waals surface area (Å²) in [6.07, 6.45) is 2.84. The van der Waals surface area contributed by atoms with Crippen LogP contribution < -0.4 is 0 Å². The molecule has 0 spiro atoms. The minimum atomic E-state index is -0.924. The van der Waals surface area contributed by atoms with Gasteiger partial charge >= 0.3 is 12.0 Å². The van der Waals surface area contributed by atoms with Crippen molar-refractivity contribution in [1.29, 1.82) is 0 Å². The van der Waals surface area contributed by atoms with E-state index < -0.39 is 12.0 Å². The van der Waals surface area contributed by atoms with Crippen LogP contribution in [0.1, 0.15) is 26.2 Å². The Hall–Kier alpha value is -0.950. The fourth-order valence-corrected chi connectivity index (χ4v) is 4.03. The Morgan fingerprint density at radius 3 is 2.80 bits per heavy atom. The highest BCUT2D eigenvalue weighted by Gasteiger charge is 2.42. The van der Waals surface area contributed by atoms with Crippen molar-refractivity contribution in [3.63, 3.8) is 0 Å². The molecule has 2 aliphatic rings. The Morgan fingerprint density at radius 2 is 2.25 bits per heavy atom. The number of aliphatic carboxylic acids is 1. The van der Waals surface area contributed by atoms with Crippen molar-refractivity contribution in [3.05, 3.63) is 0 Å². The quantitative estimate of drug-likeness (QED) is 0.851. The molecule has 2 rings (SSSR count). The van der Waals surface area contributed by atoms with Crippen molar-refractivity contribution in [1.82, 2.24) is 9.80 Å². The number of carbonyl (C=O) groups excluding carboxylic acids is 1. The predicted molar refractivity (Wildman–Crippen MR) is 76.8 cm³/mol. The Labute approximate surface area is 123 Å². The summed E-state index contributed by atoms with van der Waals surface area (Å²) in [6.45, 7) is 3.26. The first-order chi connectivity index (χ1) is 9.54. The molecule has 0 saturated carbocycles. The first kappa shape index (κ1) is 15.4. The smallest absolute Gasteiger partial charge is 0.327 e. The number of thioether (sulfide) groups is 1. The summed E-state index contributed by atoms with van der Waals surface area (Å²) in [7, 11) is 1.72. The maximum atomic E-state index is 12.5. The highest BCUT2D eigenvalue weighted by molar-refractivity contribution is 8.00. The molecule has 6 nitrogen and oxygen atoms in total. The van der Waals surface area contributed by atoms with Crippen LogP contribution in [0.15, 0.2) is 0 Å². The highest BCUT2D eigenvalue weighted by atomic mass is 32.2. The van der Waals surface area contributed by atoms with Gasteiger partial charge in [0.2, 0.25) is 0 Å². The van der Waals surface area contributed by atoms with Crippen LogP contribution in [0.3, 0.4) is 0 Å². The van der Waals surface area contributed by atoms with Crippen molar-refractivity contribution in [2.45, 2.75) is 43.7 Å². The number of ether oxygens (including phenoxy) is 1. The van der Waals surface area contributed by atoms with Gasteiger partial charge in [-0.25, -0.2) is 9.59 Å². The average molecular weight is 302 g/mol. The maximum Gasteiger partial charge on any atom is 0.327 e. The number of carbonyl (C=O) groups is 2. The zero-order valence-electron chi connectivity index (χ0n) is 11.9. The van der Waals surface area contributed by atoms with Crippen LogP contribution in [0.2, 0.25) is 0 Å². The van der Waals surface area contributed by atoms with E-state index in [9.17, 15) is 14.7 Å². The third-order valence-corrected chi connectivity index (χ3v) is 5.23. The number of urea groups is 1. The highest BCUT2D eigenvalue weighted by Crippen LogP contribution is 2.32. The fourth-order valence-electron chi connectivity index (χ4n) is 2.69. The zero-order valence-corrected chi connectivity index (χ0v) is 12.8. The summed E-state index contributed by atoms with van der Waals surface area (Å²) >= 11 is 1.54. The van der Waals surface area contributed by atoms with Gasteiger partial charge in [0.25, 0.3) is 0 Å². The van der Waals surface area contributed by atoms with Gasteiger partial charge < -0.3 is 14.7 Å². The monoisotopic (exact) mass is 302 g/mol. The summed E-state index contributed by atoms with van der Waals surface area (Å²) < 4.78 is 5.53. The van der Waals surface area contributed by atoms with Gasteiger partial charge in [-0.2, -0.15) is 0 Å². The van der Waals surface area contributed by atoms with E-state index in [-0.39, 0.29) is 17.5 Å². The molecule has 114 valence electrons. The molecule has 2 heterocycles. The number of hydrogen-bond acceptors (Lipinski definition) is 4. The lowest BCUT2D eigenvalue weighted by Gasteiger charge is -2.32. The van der Waals surface area contributed by atoms with E-state index in [4.69, 9.17) is 4.74 Å². The Morgan fingerprint density at radius 1 is 1.50 bits per heavy atom. The molecular formula is C13H22N2O4S. The predicted octanol–water partition coefficient (Wildman–Crippen LogP) is 1.46. The van der Waals surface area contributed by atoms with E-state index in [1.807, 2.05) is 6.92 Å². The molecule has 2 fully saturated rings. The van der Waals surface area contributed by atoms with Crippen molar-refractivity contribution < 1.29 is 19.4 Å². The van der Waals surface area contributed by atoms with Crippen molar-refractivity contribution in [3.8, 4) is 0 Å². The summed E-state index contributed by atoms with van der Waals surface area (Å²) in [5.74, 6) is -0.458. The summed E-state index contributed by atoms with van der Waals surface area (Å²) in [5.41, 5.74) is 0. The Kier molecular flexibility index (Phi) is 5.15. The fraction of sp³-hybridized carbons (Fsp3) is 0.846. The molecule has 7 heteroatoms. The van der Waals surface area contributed by atoms with E-state index in [1.54, 1.807) is 23.7 Å². The molecule has 0 aliphatic carbocycles. The molecule has 2 aliphatic heterocycles. The van der Waals surface area contributed by atoms with E-state index in [1.165, 1.54) is 4.90 Å². The SMILES string of the molecule is CCC1SCC(C(=O)O)N1C(=O)N(C)CC1CCCO1. The number of carboxylic acid groups (broad SMARTS) is 1. The average Bonchev–Trinajstić information content (AvgIpc) is 3.05. The van der Waals surface area contributed by atoms with Crippen molar-refractivity contribution in [2.75, 3.05) is 26.0 Å². The van der Waals surface area contributed by atoms with E-state index in [2.05, 4.69) is 0 Å². The van der Waals surface area contributed by atoms with Crippen molar-refractivity contribution >= 4 is 23.8 Å². The Bertz CT molecular complexity index is 373. The van der Waals surface area contributed by atoms with E-state index >= 15 is 0 Å². The van der Waals surface area contributed by atoms with Crippen molar-refractivity contribution in [2.24, 2.45) is 0 Å². The molecule has 0 aromatic rings. The molecule has 2 saturated heterocycles. The molecule has 1 N–H and O–H groups in total. The number of likely N-dealkylation sites (N-methyl/N-ethyl adjacent to an activating group) is 1. The lowest BCUT2D eigenvalue weighted by Crippen LogP contribution is -2.51. The van der Waals surface area contributed by atoms with Crippen LogP contribution in [-0.4, -0.2) is 70.4 Å². The second-order valence-electron chi connectivity index (χ2n) is 5.26. The van der Waals surface area contributed by atoms with Gasteiger partial charge in [0.1, 0.15) is 6.04 Å². The summed E-state index contributed by atoms with van der Waals surface area (Å²) in [4.78, 5) is 26.9. The van der Waals surface area contributed by atoms with Gasteiger partial charge in [-0.05, 0) is 19.3 Å². The summed E-state index contributed by atoms with van der Waals surface area (Å²) in [6, 6.07) is -0.922. The number of nitrogens with zero attached hydrogens (tertiary/aromatic N) is 2. The van der Waals surface area contributed by atoms with Gasteiger partial charge in [-0.15, -0.1) is 11.8 Å². The minimum absolute atomic E-state index is 0.0458. The number of rotatable bonds is 4. The molecule has 3 atom stereocenters. The largest absolute Gasteiger partial charge is 0.480 e. The summed E-state index contributed by atoms with van der Waals surface area (Å²) in [5, 5.41) is 9.22. The first-order valence-electron chi connectivity index (χ1n) is 7.04. The molecule has 20 heavy (non-hydrogen) atoms. The van der Waals surface area contributed by atoms with Crippen LogP contribution in [0.5, 0.6) is 0 Å². The Balaban J connectivity index is 2.01. The standard InChI is InChI=1S/C13H22N2O4S/c1-3-11-15(10(8-20-11)12(16)17)13(18)14(2)7-9-5-4-6-19-9/h9-11H,3-8H2,1-2H3,(H,16,17). The van der Waals surface area contributed by atoms with Crippen LogP contribution >= 0.6 is 11.8 Å². The van der Waals surface area contributed by atoms with Crippen LogP contribution in [0, 0.1) is 0 Å². The van der Waals surface area contributed by atoms with Gasteiger partial charge in [0.05, 0.1) is 11.5 Å². The number of hydrogen-bond donors (Lipinski definition) is 1. The maximum absolute atomic E-state index is 12.5. The molecule has 0 bridgehead atoms. The third kappa shape index (κ3) is 3.20. The van der Waals surface area contributed by atoms with E-state index in [0.717, 1.165) is 25.9 Å². The van der Waals surface area contributed by atoms with Crippen LogP contribution in [0.4, 0.5) is 4.79 Å². The zero-order chi connectivity index (χ0) is 14.7. The lowest BCUT2D eigenvalue weighted by atomic mass is 10.2. The van der Waals surface area contributed by atoms with Gasteiger partial charge in [0.15, 0.2) is 0 Å². The molecule has 2 amide bonds. The van der Waals surface area contributed by atoms with Crippen LogP contribution in [0.25, 0.3) is 0 Å². The first-order valence-corrected chi connectivity index (χ1v) is 8.09. The lowest BCUT2D eigenvalue weighted by molar-refractivity contribution is -0.141.